The molecule has 0 saturated heterocycles. The van der Waals surface area contributed by atoms with Crippen molar-refractivity contribution in [2.45, 2.75) is 19.3 Å². The van der Waals surface area contributed by atoms with E-state index in [-0.39, 0.29) is 0 Å². The van der Waals surface area contributed by atoms with Crippen LogP contribution in [-0.2, 0) is 9.47 Å². The van der Waals surface area contributed by atoms with Crippen LogP contribution in [0.3, 0.4) is 0 Å². The zero-order valence-electron chi connectivity index (χ0n) is 7.17. The molecule has 0 heterocycles. The average Bonchev–Trinajstić information content (AvgIpc) is 2.03. The summed E-state index contributed by atoms with van der Waals surface area (Å²) in [5.41, 5.74) is 0. The van der Waals surface area contributed by atoms with Gasteiger partial charge in [0.05, 0.1) is 0 Å². The zero-order valence-corrected chi connectivity index (χ0v) is 7.99. The minimum Gasteiger partial charge on any atom is -0.385 e. The third-order valence-electron chi connectivity index (χ3n) is 1.32. The Hall–Kier alpha value is 0.270. The molecule has 0 fully saturated rings. The van der Waals surface area contributed by atoms with Crippen LogP contribution in [0.2, 0.25) is 0 Å². The van der Waals surface area contributed by atoms with Crippen LogP contribution in [0, 0.1) is 0 Å². The van der Waals surface area contributed by atoms with Crippen molar-refractivity contribution in [1.82, 2.24) is 0 Å². The Morgan fingerprint density at radius 2 is 1.73 bits per heavy atom. The molecule has 0 N–H and O–H groups in total. The fourth-order valence-corrected chi connectivity index (χ4v) is 0.918. The summed E-state index contributed by atoms with van der Waals surface area (Å²) in [6.45, 7) is 2.45. The van der Waals surface area contributed by atoms with Gasteiger partial charge in [-0.1, -0.05) is 12.6 Å². The Morgan fingerprint density at radius 3 is 2.36 bits per heavy atom. The molecule has 0 spiro atoms. The molecule has 0 aromatic heterocycles. The van der Waals surface area contributed by atoms with Crippen molar-refractivity contribution < 1.29 is 9.47 Å². The first-order valence-corrected chi connectivity index (χ1v) is 4.64. The van der Waals surface area contributed by atoms with Crippen LogP contribution in [0.4, 0.5) is 0 Å². The van der Waals surface area contributed by atoms with Crippen LogP contribution in [-0.4, -0.2) is 32.7 Å². The number of unbranched alkanes of at least 4 members (excludes halogenated alkanes) is 1. The lowest BCUT2D eigenvalue weighted by molar-refractivity contribution is 0.101. The van der Waals surface area contributed by atoms with Gasteiger partial charge in [0.15, 0.2) is 0 Å². The molecule has 0 rings (SSSR count). The highest BCUT2D eigenvalue weighted by atomic mass is 32.1. The smallest absolute Gasteiger partial charge is 0.0487 e. The minimum atomic E-state index is 0.793. The lowest BCUT2D eigenvalue weighted by Gasteiger charge is -2.01. The first-order valence-electron chi connectivity index (χ1n) is 4.06. The average molecular weight is 177 g/mol. The molecule has 0 amide bonds. The van der Waals surface area contributed by atoms with Gasteiger partial charge in [-0.3, -0.25) is 0 Å². The Morgan fingerprint density at radius 1 is 1.00 bits per heavy atom. The normalized spacial score (nSPS) is 10.4. The SMILES string of the molecule is COCCCOCCCC[S]. The zero-order chi connectivity index (χ0) is 8.36. The summed E-state index contributed by atoms with van der Waals surface area (Å²) < 4.78 is 10.2. The number of rotatable bonds is 8. The van der Waals surface area contributed by atoms with Crippen LogP contribution in [0.15, 0.2) is 0 Å². The maximum Gasteiger partial charge on any atom is 0.0487 e. The summed E-state index contributed by atoms with van der Waals surface area (Å²) in [6, 6.07) is 0. The standard InChI is InChI=1S/C8H17O2S/c1-9-5-4-7-10-6-2-3-8-11/h2-8H2,1H3. The fraction of sp³-hybridized carbons (Fsp3) is 1.00. The van der Waals surface area contributed by atoms with Gasteiger partial charge in [-0.15, -0.1) is 0 Å². The second-order valence-corrected chi connectivity index (χ2v) is 2.78. The Labute approximate surface area is 74.7 Å². The fourth-order valence-electron chi connectivity index (χ4n) is 0.714. The van der Waals surface area contributed by atoms with Crippen LogP contribution in [0.1, 0.15) is 19.3 Å². The first kappa shape index (κ1) is 11.3. The number of methoxy groups -OCH3 is 1. The number of ether oxygens (including phenoxy) is 2. The summed E-state index contributed by atoms with van der Waals surface area (Å²) >= 11 is 4.80. The van der Waals surface area contributed by atoms with Crippen LogP contribution >= 0.6 is 12.6 Å². The van der Waals surface area contributed by atoms with Crippen molar-refractivity contribution in [3.63, 3.8) is 0 Å². The van der Waals surface area contributed by atoms with E-state index in [1.54, 1.807) is 7.11 Å². The summed E-state index contributed by atoms with van der Waals surface area (Å²) in [5, 5.41) is 0. The van der Waals surface area contributed by atoms with Crippen molar-refractivity contribution in [2.24, 2.45) is 0 Å². The van der Waals surface area contributed by atoms with Gasteiger partial charge >= 0.3 is 0 Å². The molecule has 0 bridgehead atoms. The van der Waals surface area contributed by atoms with E-state index in [0.29, 0.717) is 0 Å². The van der Waals surface area contributed by atoms with E-state index in [1.807, 2.05) is 0 Å². The summed E-state index contributed by atoms with van der Waals surface area (Å²) in [4.78, 5) is 0. The number of hydrogen-bond acceptors (Lipinski definition) is 2. The van der Waals surface area contributed by atoms with Gasteiger partial charge in [-0.2, -0.15) is 0 Å². The second-order valence-electron chi connectivity index (χ2n) is 2.37. The molecule has 0 atom stereocenters. The molecule has 0 unspecified atom stereocenters. The first-order chi connectivity index (χ1) is 5.41. The quantitative estimate of drug-likeness (QED) is 0.528. The molecule has 0 aromatic rings. The molecule has 11 heavy (non-hydrogen) atoms. The van der Waals surface area contributed by atoms with Crippen molar-refractivity contribution >= 4 is 12.6 Å². The molecule has 0 saturated carbocycles. The third-order valence-corrected chi connectivity index (χ3v) is 1.61. The molecular formula is C8H17O2S. The monoisotopic (exact) mass is 177 g/mol. The van der Waals surface area contributed by atoms with Crippen molar-refractivity contribution in [2.75, 3.05) is 32.7 Å². The van der Waals surface area contributed by atoms with Crippen LogP contribution in [0.25, 0.3) is 0 Å². The van der Waals surface area contributed by atoms with Crippen molar-refractivity contribution in [3.8, 4) is 0 Å². The van der Waals surface area contributed by atoms with Gasteiger partial charge in [0.25, 0.3) is 0 Å². The molecule has 3 heteroatoms. The topological polar surface area (TPSA) is 18.5 Å². The molecular weight excluding hydrogens is 160 g/mol. The molecule has 2 nitrogen and oxygen atoms in total. The molecule has 1 radical (unpaired) electrons. The highest BCUT2D eigenvalue weighted by molar-refractivity contribution is 7.80. The van der Waals surface area contributed by atoms with E-state index in [2.05, 4.69) is 0 Å². The van der Waals surface area contributed by atoms with Crippen LogP contribution in [0.5, 0.6) is 0 Å². The van der Waals surface area contributed by atoms with E-state index in [1.165, 1.54) is 0 Å². The maximum atomic E-state index is 5.31. The van der Waals surface area contributed by atoms with Crippen molar-refractivity contribution in [1.29, 1.82) is 0 Å². The van der Waals surface area contributed by atoms with Gasteiger partial charge in [0.1, 0.15) is 0 Å². The third kappa shape index (κ3) is 10.3. The molecule has 0 aliphatic carbocycles. The lowest BCUT2D eigenvalue weighted by Crippen LogP contribution is -2.00. The Bertz CT molecular complexity index is 61.1. The van der Waals surface area contributed by atoms with E-state index in [9.17, 15) is 0 Å². The minimum absolute atomic E-state index is 0.793. The lowest BCUT2D eigenvalue weighted by atomic mass is 10.3. The van der Waals surface area contributed by atoms with E-state index >= 15 is 0 Å². The van der Waals surface area contributed by atoms with Gasteiger partial charge in [-0.25, -0.2) is 0 Å². The molecule has 0 aliphatic heterocycles. The maximum absolute atomic E-state index is 5.31. The predicted octanol–water partition coefficient (Wildman–Crippen LogP) is 2.02. The highest BCUT2D eigenvalue weighted by Crippen LogP contribution is 1.92. The summed E-state index contributed by atoms with van der Waals surface area (Å²) in [7, 11) is 1.71. The molecule has 67 valence electrons. The van der Waals surface area contributed by atoms with E-state index in [4.69, 9.17) is 22.1 Å². The van der Waals surface area contributed by atoms with Gasteiger partial charge in [0.2, 0.25) is 0 Å². The molecule has 0 aliphatic rings. The molecule has 0 aromatic carbocycles. The van der Waals surface area contributed by atoms with Crippen molar-refractivity contribution in [3.05, 3.63) is 0 Å². The van der Waals surface area contributed by atoms with Crippen LogP contribution < -0.4 is 0 Å². The largest absolute Gasteiger partial charge is 0.385 e. The second kappa shape index (κ2) is 10.3. The Kier molecular flexibility index (Phi) is 10.5. The van der Waals surface area contributed by atoms with Gasteiger partial charge in [-0.05, 0) is 19.3 Å². The predicted molar refractivity (Wildman–Crippen MR) is 49.0 cm³/mol. The summed E-state index contributed by atoms with van der Waals surface area (Å²) in [6.07, 6.45) is 3.18. The highest BCUT2D eigenvalue weighted by Gasteiger charge is 1.88. The van der Waals surface area contributed by atoms with E-state index < -0.39 is 0 Å². The number of hydrogen-bond donors (Lipinski definition) is 0. The van der Waals surface area contributed by atoms with Gasteiger partial charge < -0.3 is 9.47 Å². The summed E-state index contributed by atoms with van der Waals surface area (Å²) in [5.74, 6) is 0.849. The van der Waals surface area contributed by atoms with E-state index in [0.717, 1.165) is 44.8 Å². The van der Waals surface area contributed by atoms with Gasteiger partial charge in [0, 0.05) is 32.7 Å². The Balaban J connectivity index is 2.69.